The Hall–Kier alpha value is -2.38. The van der Waals surface area contributed by atoms with Gasteiger partial charge in [-0.15, -0.1) is 12.4 Å². The van der Waals surface area contributed by atoms with Crippen LogP contribution in [0.5, 0.6) is 0 Å². The predicted octanol–water partition coefficient (Wildman–Crippen LogP) is 2.35. The van der Waals surface area contributed by atoms with Crippen LogP contribution in [-0.4, -0.2) is 34.8 Å². The number of rotatable bonds is 4. The number of hydrogen-bond donors (Lipinski definition) is 2. The first-order valence-corrected chi connectivity index (χ1v) is 7.94. The Labute approximate surface area is 152 Å². The van der Waals surface area contributed by atoms with Gasteiger partial charge in [0.2, 0.25) is 5.89 Å². The summed E-state index contributed by atoms with van der Waals surface area (Å²) in [6.45, 7) is 3.61. The number of hydrogen-bond acceptors (Lipinski definition) is 5. The van der Waals surface area contributed by atoms with Crippen molar-refractivity contribution in [2.24, 2.45) is 5.73 Å². The molecule has 1 aliphatic rings. The molecule has 1 aromatic carbocycles. The van der Waals surface area contributed by atoms with Gasteiger partial charge in [0.15, 0.2) is 5.69 Å². The molecular weight excluding hydrogens is 344 g/mol. The lowest BCUT2D eigenvalue weighted by atomic mass is 10.1. The molecule has 8 heteroatoms. The van der Waals surface area contributed by atoms with E-state index in [-0.39, 0.29) is 36.5 Å². The Morgan fingerprint density at radius 3 is 2.64 bits per heavy atom. The number of aromatic nitrogens is 1. The van der Waals surface area contributed by atoms with Gasteiger partial charge in [-0.05, 0) is 43.5 Å². The Kier molecular flexibility index (Phi) is 6.17. The van der Waals surface area contributed by atoms with Gasteiger partial charge >= 0.3 is 0 Å². The number of carbonyl (C=O) groups is 2. The highest BCUT2D eigenvalue weighted by atomic mass is 35.5. The van der Waals surface area contributed by atoms with E-state index in [9.17, 15) is 9.59 Å². The van der Waals surface area contributed by atoms with Gasteiger partial charge in [-0.1, -0.05) is 0 Å². The van der Waals surface area contributed by atoms with Crippen LogP contribution in [0.4, 0.5) is 5.69 Å². The number of amides is 2. The maximum Gasteiger partial charge on any atom is 0.277 e. The maximum absolute atomic E-state index is 12.4. The smallest absolute Gasteiger partial charge is 0.277 e. The molecule has 0 saturated carbocycles. The van der Waals surface area contributed by atoms with E-state index in [0.29, 0.717) is 17.1 Å². The zero-order valence-electron chi connectivity index (χ0n) is 13.9. The van der Waals surface area contributed by atoms with Gasteiger partial charge in [-0.3, -0.25) is 9.59 Å². The van der Waals surface area contributed by atoms with Gasteiger partial charge in [-0.2, -0.15) is 0 Å². The van der Waals surface area contributed by atoms with Crippen molar-refractivity contribution in [1.82, 2.24) is 9.88 Å². The second kappa shape index (κ2) is 8.13. The molecule has 0 radical (unpaired) electrons. The third kappa shape index (κ3) is 4.18. The van der Waals surface area contributed by atoms with E-state index in [1.54, 1.807) is 18.2 Å². The fraction of sp³-hybridized carbons (Fsp3) is 0.353. The van der Waals surface area contributed by atoms with Gasteiger partial charge in [0, 0.05) is 24.3 Å². The molecule has 7 nitrogen and oxygen atoms in total. The van der Waals surface area contributed by atoms with E-state index in [4.69, 9.17) is 10.2 Å². The molecule has 1 aliphatic heterocycles. The molecular formula is C17H21ClN4O3. The summed E-state index contributed by atoms with van der Waals surface area (Å²) in [5, 5.41) is 2.77. The van der Waals surface area contributed by atoms with Crippen LogP contribution in [-0.2, 0) is 6.54 Å². The first-order chi connectivity index (χ1) is 11.6. The molecule has 1 fully saturated rings. The van der Waals surface area contributed by atoms with Crippen molar-refractivity contribution in [3.63, 3.8) is 0 Å². The summed E-state index contributed by atoms with van der Waals surface area (Å²) in [7, 11) is 0. The molecule has 1 aromatic heterocycles. The Balaban J connectivity index is 0.00000225. The van der Waals surface area contributed by atoms with Crippen molar-refractivity contribution in [3.8, 4) is 0 Å². The molecule has 0 atom stereocenters. The highest BCUT2D eigenvalue weighted by Gasteiger charge is 2.20. The fourth-order valence-electron chi connectivity index (χ4n) is 2.74. The standard InChI is InChI=1S/C17H20N4O3.ClH/c1-11-8-12(17(23)21-6-2-3-7-21)4-5-13(11)20-16(22)14-10-24-15(9-18)19-14;/h4-5,8,10H,2-3,6-7,9,18H2,1H3,(H,20,22);1H. The maximum atomic E-state index is 12.4. The van der Waals surface area contributed by atoms with E-state index >= 15 is 0 Å². The number of benzene rings is 1. The minimum atomic E-state index is -0.375. The van der Waals surface area contributed by atoms with E-state index in [1.165, 1.54) is 6.26 Å². The van der Waals surface area contributed by atoms with Gasteiger partial charge in [0.1, 0.15) is 6.26 Å². The summed E-state index contributed by atoms with van der Waals surface area (Å²) in [5.74, 6) is -0.0267. The number of oxazole rings is 1. The largest absolute Gasteiger partial charge is 0.447 e. The van der Waals surface area contributed by atoms with E-state index < -0.39 is 0 Å². The van der Waals surface area contributed by atoms with Crippen molar-refractivity contribution in [3.05, 3.63) is 47.2 Å². The van der Waals surface area contributed by atoms with Gasteiger partial charge in [-0.25, -0.2) is 4.98 Å². The molecule has 1 saturated heterocycles. The van der Waals surface area contributed by atoms with Crippen molar-refractivity contribution in [1.29, 1.82) is 0 Å². The molecule has 3 rings (SSSR count). The number of nitrogens with one attached hydrogen (secondary N) is 1. The number of halogens is 1. The zero-order chi connectivity index (χ0) is 17.1. The second-order valence-corrected chi connectivity index (χ2v) is 5.81. The quantitative estimate of drug-likeness (QED) is 0.867. The molecule has 2 heterocycles. The molecule has 2 amide bonds. The minimum absolute atomic E-state index is 0. The lowest BCUT2D eigenvalue weighted by molar-refractivity contribution is 0.0792. The molecule has 25 heavy (non-hydrogen) atoms. The number of anilines is 1. The highest BCUT2D eigenvalue weighted by Crippen LogP contribution is 2.20. The first-order valence-electron chi connectivity index (χ1n) is 7.94. The van der Waals surface area contributed by atoms with E-state index in [2.05, 4.69) is 10.3 Å². The average Bonchev–Trinajstić information content (AvgIpc) is 3.27. The van der Waals surface area contributed by atoms with Crippen LogP contribution in [0, 0.1) is 6.92 Å². The molecule has 0 aliphatic carbocycles. The number of likely N-dealkylation sites (tertiary alicyclic amines) is 1. The van der Waals surface area contributed by atoms with Crippen LogP contribution < -0.4 is 11.1 Å². The lowest BCUT2D eigenvalue weighted by Gasteiger charge is -2.16. The van der Waals surface area contributed by atoms with Crippen molar-refractivity contribution < 1.29 is 14.0 Å². The second-order valence-electron chi connectivity index (χ2n) is 5.81. The first kappa shape index (κ1) is 19.0. The fourth-order valence-corrected chi connectivity index (χ4v) is 2.74. The van der Waals surface area contributed by atoms with Crippen LogP contribution in [0.15, 0.2) is 28.9 Å². The molecule has 0 unspecified atom stereocenters. The highest BCUT2D eigenvalue weighted by molar-refractivity contribution is 6.03. The van der Waals surface area contributed by atoms with Crippen LogP contribution in [0.25, 0.3) is 0 Å². The number of nitrogens with two attached hydrogens (primary N) is 1. The summed E-state index contributed by atoms with van der Waals surface area (Å²) >= 11 is 0. The van der Waals surface area contributed by atoms with Crippen molar-refractivity contribution in [2.45, 2.75) is 26.3 Å². The van der Waals surface area contributed by atoms with Crippen LogP contribution in [0.2, 0.25) is 0 Å². The van der Waals surface area contributed by atoms with Gasteiger partial charge in [0.25, 0.3) is 11.8 Å². The van der Waals surface area contributed by atoms with Crippen molar-refractivity contribution >= 4 is 29.9 Å². The molecule has 0 spiro atoms. The topological polar surface area (TPSA) is 101 Å². The monoisotopic (exact) mass is 364 g/mol. The van der Waals surface area contributed by atoms with Crippen LogP contribution >= 0.6 is 12.4 Å². The molecule has 2 aromatic rings. The Morgan fingerprint density at radius 1 is 1.32 bits per heavy atom. The molecule has 0 bridgehead atoms. The third-order valence-electron chi connectivity index (χ3n) is 4.07. The predicted molar refractivity (Wildman–Crippen MR) is 95.9 cm³/mol. The summed E-state index contributed by atoms with van der Waals surface area (Å²) in [5.41, 5.74) is 7.67. The average molecular weight is 365 g/mol. The normalized spacial score (nSPS) is 13.4. The summed E-state index contributed by atoms with van der Waals surface area (Å²) in [6, 6.07) is 5.27. The lowest BCUT2D eigenvalue weighted by Crippen LogP contribution is -2.27. The van der Waals surface area contributed by atoms with Gasteiger partial charge in [0.05, 0.1) is 6.54 Å². The van der Waals surface area contributed by atoms with Gasteiger partial charge < -0.3 is 20.4 Å². The Morgan fingerprint density at radius 2 is 2.04 bits per heavy atom. The number of carbonyl (C=O) groups excluding carboxylic acids is 2. The third-order valence-corrected chi connectivity index (χ3v) is 4.07. The SMILES string of the molecule is Cc1cc(C(=O)N2CCCC2)ccc1NC(=O)c1coc(CN)n1.Cl. The zero-order valence-corrected chi connectivity index (χ0v) is 14.8. The van der Waals surface area contributed by atoms with E-state index in [0.717, 1.165) is 31.5 Å². The summed E-state index contributed by atoms with van der Waals surface area (Å²) in [6.07, 6.45) is 3.39. The van der Waals surface area contributed by atoms with Crippen LogP contribution in [0.3, 0.4) is 0 Å². The molecule has 134 valence electrons. The Bertz CT molecular complexity index is 769. The summed E-state index contributed by atoms with van der Waals surface area (Å²) in [4.78, 5) is 30.4. The van der Waals surface area contributed by atoms with Crippen molar-refractivity contribution in [2.75, 3.05) is 18.4 Å². The van der Waals surface area contributed by atoms with Crippen LogP contribution in [0.1, 0.15) is 45.1 Å². The molecule has 3 N–H and O–H groups in total. The number of nitrogens with zero attached hydrogens (tertiary/aromatic N) is 2. The minimum Gasteiger partial charge on any atom is -0.447 e. The number of aryl methyl sites for hydroxylation is 1. The summed E-state index contributed by atoms with van der Waals surface area (Å²) < 4.78 is 5.06. The van der Waals surface area contributed by atoms with E-state index in [1.807, 2.05) is 11.8 Å².